The molecular formula is C21H21N5O4. The first-order chi connectivity index (χ1) is 14.2. The Balaban J connectivity index is 1.67. The summed E-state index contributed by atoms with van der Waals surface area (Å²) in [5.41, 5.74) is 3.48. The Bertz CT molecular complexity index is 1100. The molecule has 2 N–H and O–H groups in total. The zero-order valence-corrected chi connectivity index (χ0v) is 16.8. The Hall–Kier alpha value is -4.01. The predicted molar refractivity (Wildman–Crippen MR) is 113 cm³/mol. The number of aromatic nitrogens is 2. The molecule has 0 aliphatic carbocycles. The number of benzene rings is 2. The molecule has 0 aliphatic heterocycles. The Labute approximate surface area is 172 Å². The molecule has 0 unspecified atom stereocenters. The highest BCUT2D eigenvalue weighted by molar-refractivity contribution is 6.04. The number of carbonyl (C=O) groups is 2. The second-order valence-corrected chi connectivity index (χ2v) is 6.84. The molecule has 0 saturated heterocycles. The Morgan fingerprint density at radius 2 is 1.57 bits per heavy atom. The highest BCUT2D eigenvalue weighted by Gasteiger charge is 2.21. The van der Waals surface area contributed by atoms with E-state index in [4.69, 9.17) is 0 Å². The summed E-state index contributed by atoms with van der Waals surface area (Å²) in [6, 6.07) is 13.8. The van der Waals surface area contributed by atoms with Gasteiger partial charge in [0, 0.05) is 23.9 Å². The number of nitrogens with one attached hydrogen (secondary N) is 2. The summed E-state index contributed by atoms with van der Waals surface area (Å²) < 4.78 is 1.58. The van der Waals surface area contributed by atoms with Crippen LogP contribution in [0.2, 0.25) is 0 Å². The first kappa shape index (κ1) is 20.7. The van der Waals surface area contributed by atoms with Crippen LogP contribution in [0.5, 0.6) is 0 Å². The van der Waals surface area contributed by atoms with Gasteiger partial charge in [0.1, 0.15) is 11.4 Å². The van der Waals surface area contributed by atoms with E-state index in [-0.39, 0.29) is 17.5 Å². The molecule has 3 aromatic rings. The molecule has 154 valence electrons. The number of anilines is 2. The van der Waals surface area contributed by atoms with Crippen LogP contribution in [0.1, 0.15) is 34.2 Å². The van der Waals surface area contributed by atoms with Gasteiger partial charge >= 0.3 is 5.69 Å². The van der Waals surface area contributed by atoms with Gasteiger partial charge in [-0.2, -0.15) is 5.10 Å². The van der Waals surface area contributed by atoms with Gasteiger partial charge in [-0.3, -0.25) is 24.4 Å². The minimum Gasteiger partial charge on any atom is -0.326 e. The smallest absolute Gasteiger partial charge is 0.312 e. The topological polar surface area (TPSA) is 119 Å². The van der Waals surface area contributed by atoms with Crippen LogP contribution in [0.25, 0.3) is 0 Å². The molecule has 1 heterocycles. The molecule has 0 saturated carbocycles. The van der Waals surface area contributed by atoms with Crippen molar-refractivity contribution < 1.29 is 14.5 Å². The number of hydrogen-bond acceptors (Lipinski definition) is 5. The van der Waals surface area contributed by atoms with E-state index in [1.54, 1.807) is 67.1 Å². The lowest BCUT2D eigenvalue weighted by Crippen LogP contribution is -2.12. The first-order valence-corrected chi connectivity index (χ1v) is 9.21. The summed E-state index contributed by atoms with van der Waals surface area (Å²) in [7, 11) is 0. The number of aryl methyl sites for hydroxylation is 1. The molecule has 0 aliphatic rings. The monoisotopic (exact) mass is 407 g/mol. The van der Waals surface area contributed by atoms with Crippen molar-refractivity contribution in [1.82, 2.24) is 9.78 Å². The van der Waals surface area contributed by atoms with E-state index in [0.29, 0.717) is 34.9 Å². The maximum atomic E-state index is 12.5. The van der Waals surface area contributed by atoms with Crippen molar-refractivity contribution in [3.8, 4) is 0 Å². The average molecular weight is 407 g/mol. The fraction of sp³-hybridized carbons (Fsp3) is 0.190. The molecular weight excluding hydrogens is 386 g/mol. The lowest BCUT2D eigenvalue weighted by Gasteiger charge is -2.08. The van der Waals surface area contributed by atoms with E-state index in [2.05, 4.69) is 15.7 Å². The van der Waals surface area contributed by atoms with Crippen LogP contribution in [0.4, 0.5) is 17.1 Å². The van der Waals surface area contributed by atoms with Gasteiger partial charge in [-0.25, -0.2) is 0 Å². The van der Waals surface area contributed by atoms with Crippen molar-refractivity contribution in [1.29, 1.82) is 0 Å². The largest absolute Gasteiger partial charge is 0.326 e. The minimum absolute atomic E-state index is 0.0236. The zero-order chi connectivity index (χ0) is 21.8. The van der Waals surface area contributed by atoms with E-state index in [1.165, 1.54) is 6.92 Å². The highest BCUT2D eigenvalue weighted by atomic mass is 16.6. The lowest BCUT2D eigenvalue weighted by atomic mass is 10.1. The number of hydrogen-bond donors (Lipinski definition) is 2. The average Bonchev–Trinajstić information content (AvgIpc) is 2.96. The molecule has 3 rings (SSSR count). The molecule has 0 spiro atoms. The third-order valence-corrected chi connectivity index (χ3v) is 4.54. The van der Waals surface area contributed by atoms with E-state index in [1.807, 2.05) is 0 Å². The molecule has 1 aromatic heterocycles. The molecule has 0 bridgehead atoms. The van der Waals surface area contributed by atoms with Crippen molar-refractivity contribution in [2.24, 2.45) is 0 Å². The van der Waals surface area contributed by atoms with Crippen LogP contribution >= 0.6 is 0 Å². The summed E-state index contributed by atoms with van der Waals surface area (Å²) in [6.07, 6.45) is 0. The Kier molecular flexibility index (Phi) is 5.91. The fourth-order valence-electron chi connectivity index (χ4n) is 3.08. The Morgan fingerprint density at radius 1 is 1.00 bits per heavy atom. The summed E-state index contributed by atoms with van der Waals surface area (Å²) in [5, 5.41) is 20.8. The predicted octanol–water partition coefficient (Wildman–Crippen LogP) is 3.67. The number of rotatable bonds is 6. The van der Waals surface area contributed by atoms with Gasteiger partial charge in [0.05, 0.1) is 11.5 Å². The van der Waals surface area contributed by atoms with Crippen molar-refractivity contribution in [3.05, 3.63) is 81.2 Å². The summed E-state index contributed by atoms with van der Waals surface area (Å²) in [4.78, 5) is 34.2. The zero-order valence-electron chi connectivity index (χ0n) is 16.8. The second-order valence-electron chi connectivity index (χ2n) is 6.84. The van der Waals surface area contributed by atoms with Crippen LogP contribution in [0.3, 0.4) is 0 Å². The third-order valence-electron chi connectivity index (χ3n) is 4.54. The molecule has 9 heteroatoms. The standard InChI is InChI=1S/C21H21N5O4/c1-13-20(26(29)30)14(2)25(24-13)12-16-4-6-17(7-5-16)21(28)23-19-10-8-18(9-11-19)22-15(3)27/h4-11H,12H2,1-3H3,(H,22,27)(H,23,28). The molecule has 0 fully saturated rings. The van der Waals surface area contributed by atoms with Gasteiger partial charge in [0.25, 0.3) is 5.91 Å². The van der Waals surface area contributed by atoms with Crippen LogP contribution in [-0.2, 0) is 11.3 Å². The quantitative estimate of drug-likeness (QED) is 0.477. The van der Waals surface area contributed by atoms with Gasteiger partial charge in [0.2, 0.25) is 5.91 Å². The second kappa shape index (κ2) is 8.56. The maximum absolute atomic E-state index is 12.5. The van der Waals surface area contributed by atoms with E-state index in [0.717, 1.165) is 5.56 Å². The van der Waals surface area contributed by atoms with E-state index in [9.17, 15) is 19.7 Å². The SMILES string of the molecule is CC(=O)Nc1ccc(NC(=O)c2ccc(Cn3nc(C)c([N+](=O)[O-])c3C)cc2)cc1. The van der Waals surface area contributed by atoms with Gasteiger partial charge in [0.15, 0.2) is 0 Å². The summed E-state index contributed by atoms with van der Waals surface area (Å²) >= 11 is 0. The maximum Gasteiger partial charge on any atom is 0.312 e. The number of carbonyl (C=O) groups excluding carboxylic acids is 2. The minimum atomic E-state index is -0.426. The molecule has 0 atom stereocenters. The molecule has 2 aromatic carbocycles. The summed E-state index contributed by atoms with van der Waals surface area (Å²) in [5.74, 6) is -0.433. The fourth-order valence-corrected chi connectivity index (χ4v) is 3.08. The first-order valence-electron chi connectivity index (χ1n) is 9.21. The summed E-state index contributed by atoms with van der Waals surface area (Å²) in [6.45, 7) is 5.07. The normalized spacial score (nSPS) is 10.5. The lowest BCUT2D eigenvalue weighted by molar-refractivity contribution is -0.386. The van der Waals surface area contributed by atoms with E-state index >= 15 is 0 Å². The van der Waals surface area contributed by atoms with Crippen LogP contribution in [0.15, 0.2) is 48.5 Å². The van der Waals surface area contributed by atoms with Gasteiger partial charge < -0.3 is 10.6 Å². The van der Waals surface area contributed by atoms with Crippen LogP contribution in [0, 0.1) is 24.0 Å². The highest BCUT2D eigenvalue weighted by Crippen LogP contribution is 2.22. The Morgan fingerprint density at radius 3 is 2.07 bits per heavy atom. The molecule has 30 heavy (non-hydrogen) atoms. The van der Waals surface area contributed by atoms with Gasteiger partial charge in [-0.05, 0) is 55.8 Å². The number of nitro groups is 1. The van der Waals surface area contributed by atoms with Gasteiger partial charge in [-0.1, -0.05) is 12.1 Å². The molecule has 2 amide bonds. The van der Waals surface area contributed by atoms with E-state index < -0.39 is 4.92 Å². The van der Waals surface area contributed by atoms with Gasteiger partial charge in [-0.15, -0.1) is 0 Å². The van der Waals surface area contributed by atoms with Crippen molar-refractivity contribution >= 4 is 28.9 Å². The van der Waals surface area contributed by atoms with Crippen molar-refractivity contribution in [2.75, 3.05) is 10.6 Å². The van der Waals surface area contributed by atoms with Crippen LogP contribution < -0.4 is 10.6 Å². The van der Waals surface area contributed by atoms with Crippen molar-refractivity contribution in [2.45, 2.75) is 27.3 Å². The molecule has 0 radical (unpaired) electrons. The number of nitrogens with zero attached hydrogens (tertiary/aromatic N) is 3. The third kappa shape index (κ3) is 4.69. The van der Waals surface area contributed by atoms with Crippen molar-refractivity contribution in [3.63, 3.8) is 0 Å². The number of amides is 2. The van der Waals surface area contributed by atoms with Crippen LogP contribution in [-0.4, -0.2) is 26.5 Å². The molecule has 9 nitrogen and oxygen atoms in total.